The minimum atomic E-state index is -0.828. The number of benzene rings is 1. The molecular weight excluding hydrogens is 194 g/mol. The molecule has 0 radical (unpaired) electrons. The summed E-state index contributed by atoms with van der Waals surface area (Å²) in [6.07, 6.45) is 0.480. The highest BCUT2D eigenvalue weighted by atomic mass is 16.5. The van der Waals surface area contributed by atoms with E-state index in [2.05, 4.69) is 5.32 Å². The lowest BCUT2D eigenvalue weighted by Crippen LogP contribution is -2.26. The number of carbonyl (C=O) groups is 1. The van der Waals surface area contributed by atoms with Crippen LogP contribution in [0.1, 0.15) is 11.1 Å². The van der Waals surface area contributed by atoms with Gasteiger partial charge in [-0.05, 0) is 24.6 Å². The van der Waals surface area contributed by atoms with Crippen LogP contribution in [-0.4, -0.2) is 24.2 Å². The van der Waals surface area contributed by atoms with E-state index in [9.17, 15) is 4.79 Å². The van der Waals surface area contributed by atoms with E-state index in [4.69, 9.17) is 9.84 Å². The summed E-state index contributed by atoms with van der Waals surface area (Å²) in [5, 5.41) is 11.9. The van der Waals surface area contributed by atoms with Crippen LogP contribution in [0.5, 0.6) is 5.75 Å². The van der Waals surface area contributed by atoms with E-state index in [0.717, 1.165) is 22.6 Å². The van der Waals surface area contributed by atoms with Gasteiger partial charge in [-0.2, -0.15) is 0 Å². The number of carboxylic acids is 1. The molecule has 80 valence electrons. The number of hydrogen-bond donors (Lipinski definition) is 2. The summed E-state index contributed by atoms with van der Waals surface area (Å²) < 4.78 is 5.23. The second-order valence-corrected chi connectivity index (χ2v) is 3.73. The number of carboxylic acid groups (broad SMARTS) is 1. The molecule has 1 heterocycles. The van der Waals surface area contributed by atoms with Crippen molar-refractivity contribution in [3.05, 3.63) is 23.3 Å². The number of rotatable bonds is 2. The fourth-order valence-corrected chi connectivity index (χ4v) is 1.90. The predicted molar refractivity (Wildman–Crippen MR) is 56.5 cm³/mol. The highest BCUT2D eigenvalue weighted by Crippen LogP contribution is 2.34. The highest BCUT2D eigenvalue weighted by Gasteiger charge is 2.28. The van der Waals surface area contributed by atoms with Crippen molar-refractivity contribution in [1.82, 2.24) is 0 Å². The maximum Gasteiger partial charge on any atom is 0.326 e. The second-order valence-electron chi connectivity index (χ2n) is 3.73. The fourth-order valence-electron chi connectivity index (χ4n) is 1.90. The first-order chi connectivity index (χ1) is 7.11. The first-order valence-electron chi connectivity index (χ1n) is 4.78. The molecule has 0 bridgehead atoms. The molecule has 1 aromatic rings. The summed E-state index contributed by atoms with van der Waals surface area (Å²) >= 11 is 0. The third-order valence-electron chi connectivity index (χ3n) is 2.61. The van der Waals surface area contributed by atoms with E-state index in [1.807, 2.05) is 19.1 Å². The van der Waals surface area contributed by atoms with Crippen LogP contribution in [0.4, 0.5) is 5.69 Å². The minimum absolute atomic E-state index is 0.480. The molecule has 1 aromatic carbocycles. The van der Waals surface area contributed by atoms with E-state index >= 15 is 0 Å². The Morgan fingerprint density at radius 3 is 2.93 bits per heavy atom. The molecule has 0 spiro atoms. The number of nitrogens with one attached hydrogen (secondary N) is 1. The molecule has 1 atom stereocenters. The summed E-state index contributed by atoms with van der Waals surface area (Å²) in [6.45, 7) is 1.96. The van der Waals surface area contributed by atoms with E-state index in [-0.39, 0.29) is 0 Å². The maximum absolute atomic E-state index is 10.9. The van der Waals surface area contributed by atoms with Gasteiger partial charge in [-0.3, -0.25) is 0 Å². The number of aryl methyl sites for hydroxylation is 1. The van der Waals surface area contributed by atoms with Gasteiger partial charge in [0.15, 0.2) is 0 Å². The molecule has 2 N–H and O–H groups in total. The molecule has 0 fully saturated rings. The molecule has 0 saturated heterocycles. The topological polar surface area (TPSA) is 58.6 Å². The molecule has 0 amide bonds. The molecule has 4 heteroatoms. The molecule has 0 aliphatic carbocycles. The van der Waals surface area contributed by atoms with Crippen LogP contribution < -0.4 is 10.1 Å². The van der Waals surface area contributed by atoms with Crippen LogP contribution in [0.2, 0.25) is 0 Å². The Balaban J connectivity index is 2.40. The van der Waals surface area contributed by atoms with Crippen molar-refractivity contribution in [2.75, 3.05) is 12.4 Å². The predicted octanol–water partition coefficient (Wildman–Crippen LogP) is 1.42. The first-order valence-corrected chi connectivity index (χ1v) is 4.78. The summed E-state index contributed by atoms with van der Waals surface area (Å²) in [5.74, 6) is -0.0628. The van der Waals surface area contributed by atoms with Crippen LogP contribution in [0.15, 0.2) is 12.1 Å². The zero-order valence-electron chi connectivity index (χ0n) is 8.70. The number of fused-ring (bicyclic) bond motifs is 1. The third kappa shape index (κ3) is 1.63. The standard InChI is InChI=1S/C11H13NO3/c1-6-3-8-7(10(4-6)15-2)5-9(12-8)11(13)14/h3-4,9,12H,5H2,1-2H3,(H,13,14). The van der Waals surface area contributed by atoms with Crippen LogP contribution in [0, 0.1) is 6.92 Å². The third-order valence-corrected chi connectivity index (χ3v) is 2.61. The Morgan fingerprint density at radius 1 is 1.60 bits per heavy atom. The fraction of sp³-hybridized carbons (Fsp3) is 0.364. The van der Waals surface area contributed by atoms with Crippen molar-refractivity contribution in [2.24, 2.45) is 0 Å². The van der Waals surface area contributed by atoms with Gasteiger partial charge < -0.3 is 15.2 Å². The normalized spacial score (nSPS) is 18.1. The van der Waals surface area contributed by atoms with Gasteiger partial charge in [-0.15, -0.1) is 0 Å². The Morgan fingerprint density at radius 2 is 2.33 bits per heavy atom. The van der Waals surface area contributed by atoms with Crippen molar-refractivity contribution < 1.29 is 14.6 Å². The Bertz CT molecular complexity index is 415. The van der Waals surface area contributed by atoms with Gasteiger partial charge in [0.1, 0.15) is 11.8 Å². The van der Waals surface area contributed by atoms with Crippen molar-refractivity contribution >= 4 is 11.7 Å². The molecule has 0 saturated carbocycles. The zero-order valence-corrected chi connectivity index (χ0v) is 8.70. The molecule has 1 aliphatic heterocycles. The lowest BCUT2D eigenvalue weighted by atomic mass is 10.1. The first kappa shape index (κ1) is 9.83. The van der Waals surface area contributed by atoms with Gasteiger partial charge in [0.2, 0.25) is 0 Å². The van der Waals surface area contributed by atoms with E-state index in [1.165, 1.54) is 0 Å². The Hall–Kier alpha value is -1.71. The largest absolute Gasteiger partial charge is 0.496 e. The summed E-state index contributed by atoms with van der Waals surface area (Å²) in [4.78, 5) is 10.9. The molecule has 1 unspecified atom stereocenters. The molecule has 4 nitrogen and oxygen atoms in total. The van der Waals surface area contributed by atoms with Gasteiger partial charge in [0.25, 0.3) is 0 Å². The minimum Gasteiger partial charge on any atom is -0.496 e. The summed E-state index contributed by atoms with van der Waals surface area (Å²) in [6, 6.07) is 3.33. The molecule has 1 aliphatic rings. The lowest BCUT2D eigenvalue weighted by molar-refractivity contribution is -0.137. The molecular formula is C11H13NO3. The van der Waals surface area contributed by atoms with Crippen molar-refractivity contribution in [1.29, 1.82) is 0 Å². The van der Waals surface area contributed by atoms with Gasteiger partial charge in [0, 0.05) is 17.7 Å². The number of methoxy groups -OCH3 is 1. The van der Waals surface area contributed by atoms with Crippen LogP contribution in [-0.2, 0) is 11.2 Å². The van der Waals surface area contributed by atoms with E-state index < -0.39 is 12.0 Å². The molecule has 2 rings (SSSR count). The van der Waals surface area contributed by atoms with Gasteiger partial charge in [0.05, 0.1) is 7.11 Å². The Kier molecular flexibility index (Phi) is 2.26. The van der Waals surface area contributed by atoms with Gasteiger partial charge in [-0.1, -0.05) is 0 Å². The molecule has 15 heavy (non-hydrogen) atoms. The average molecular weight is 207 g/mol. The quantitative estimate of drug-likeness (QED) is 0.770. The second kappa shape index (κ2) is 3.46. The SMILES string of the molecule is COc1cc(C)cc2c1CC(C(=O)O)N2. The monoisotopic (exact) mass is 207 g/mol. The Labute approximate surface area is 87.9 Å². The number of anilines is 1. The van der Waals surface area contributed by atoms with E-state index in [0.29, 0.717) is 6.42 Å². The summed E-state index contributed by atoms with van der Waals surface area (Å²) in [5.41, 5.74) is 2.89. The van der Waals surface area contributed by atoms with Crippen molar-refractivity contribution in [2.45, 2.75) is 19.4 Å². The molecule has 0 aromatic heterocycles. The average Bonchev–Trinajstić information content (AvgIpc) is 2.59. The van der Waals surface area contributed by atoms with Crippen molar-refractivity contribution in [3.63, 3.8) is 0 Å². The smallest absolute Gasteiger partial charge is 0.326 e. The van der Waals surface area contributed by atoms with Gasteiger partial charge in [-0.25, -0.2) is 4.79 Å². The van der Waals surface area contributed by atoms with Crippen molar-refractivity contribution in [3.8, 4) is 5.75 Å². The lowest BCUT2D eigenvalue weighted by Gasteiger charge is -2.07. The van der Waals surface area contributed by atoms with Crippen LogP contribution >= 0.6 is 0 Å². The van der Waals surface area contributed by atoms with E-state index in [1.54, 1.807) is 7.11 Å². The summed E-state index contributed by atoms with van der Waals surface area (Å²) in [7, 11) is 1.60. The number of ether oxygens (including phenoxy) is 1. The number of aliphatic carboxylic acids is 1. The maximum atomic E-state index is 10.9. The highest BCUT2D eigenvalue weighted by molar-refractivity contribution is 5.82. The number of hydrogen-bond acceptors (Lipinski definition) is 3. The zero-order chi connectivity index (χ0) is 11.0. The van der Waals surface area contributed by atoms with Gasteiger partial charge >= 0.3 is 5.97 Å². The van der Waals surface area contributed by atoms with Crippen LogP contribution in [0.25, 0.3) is 0 Å². The van der Waals surface area contributed by atoms with Crippen LogP contribution in [0.3, 0.4) is 0 Å².